The quantitative estimate of drug-likeness (QED) is 0.735. The van der Waals surface area contributed by atoms with E-state index in [-0.39, 0.29) is 11.9 Å². The lowest BCUT2D eigenvalue weighted by Crippen LogP contribution is -2.28. The Balaban J connectivity index is 2.17. The summed E-state index contributed by atoms with van der Waals surface area (Å²) < 4.78 is 1.49. The molecule has 0 atom stereocenters. The Morgan fingerprint density at radius 3 is 2.90 bits per heavy atom. The number of hydrogen-bond acceptors (Lipinski definition) is 7. The van der Waals surface area contributed by atoms with Crippen molar-refractivity contribution >= 4 is 17.8 Å². The van der Waals surface area contributed by atoms with Crippen LogP contribution in [-0.2, 0) is 4.79 Å². The summed E-state index contributed by atoms with van der Waals surface area (Å²) in [5.41, 5.74) is 5.68. The lowest BCUT2D eigenvalue weighted by Gasteiger charge is -2.17. The Morgan fingerprint density at radius 2 is 2.25 bits per heavy atom. The number of aromatic nitrogens is 5. The second-order valence-electron chi connectivity index (χ2n) is 4.09. The number of rotatable bonds is 5. The van der Waals surface area contributed by atoms with Gasteiger partial charge in [-0.25, -0.2) is 4.68 Å². The first-order valence-corrected chi connectivity index (χ1v) is 6.03. The van der Waals surface area contributed by atoms with Crippen LogP contribution in [0, 0.1) is 0 Å². The third-order valence-corrected chi connectivity index (χ3v) is 2.63. The van der Waals surface area contributed by atoms with Gasteiger partial charge in [0.25, 0.3) is 5.95 Å². The molecule has 9 heteroatoms. The van der Waals surface area contributed by atoms with Crippen LogP contribution in [-0.4, -0.2) is 51.3 Å². The predicted molar refractivity (Wildman–Crippen MR) is 73.3 cm³/mol. The summed E-state index contributed by atoms with van der Waals surface area (Å²) in [5, 5.41) is 6.60. The van der Waals surface area contributed by atoms with Crippen LogP contribution in [0.15, 0.2) is 18.5 Å². The summed E-state index contributed by atoms with van der Waals surface area (Å²) in [6.07, 6.45) is 3.67. The third-order valence-electron chi connectivity index (χ3n) is 2.63. The number of amides is 1. The van der Waals surface area contributed by atoms with Crippen molar-refractivity contribution in [1.82, 2.24) is 30.0 Å². The van der Waals surface area contributed by atoms with Crippen LogP contribution in [0.1, 0.15) is 6.42 Å². The van der Waals surface area contributed by atoms with E-state index >= 15 is 0 Å². The first-order chi connectivity index (χ1) is 9.60. The molecule has 0 aliphatic rings. The highest BCUT2D eigenvalue weighted by atomic mass is 16.1. The Bertz CT molecular complexity index is 582. The normalized spacial score (nSPS) is 10.3. The van der Waals surface area contributed by atoms with Gasteiger partial charge in [0.2, 0.25) is 17.8 Å². The lowest BCUT2D eigenvalue weighted by atomic mass is 10.4. The standard InChI is InChI=1S/C11H16N8O/c1-13-8(20)4-7-18(2)10-15-9(12)16-11(17-10)19-6-3-5-14-19/h3,5-6H,4,7H2,1-2H3,(H,13,20)(H2,12,15,16,17). The van der Waals surface area contributed by atoms with Gasteiger partial charge in [0.1, 0.15) is 0 Å². The number of nitrogen functional groups attached to an aromatic ring is 1. The van der Waals surface area contributed by atoms with E-state index in [4.69, 9.17) is 5.73 Å². The van der Waals surface area contributed by atoms with Crippen molar-refractivity contribution in [1.29, 1.82) is 0 Å². The van der Waals surface area contributed by atoms with Crippen molar-refractivity contribution in [3.05, 3.63) is 18.5 Å². The van der Waals surface area contributed by atoms with Gasteiger partial charge < -0.3 is 16.0 Å². The summed E-state index contributed by atoms with van der Waals surface area (Å²) in [4.78, 5) is 25.3. The predicted octanol–water partition coefficient (Wildman–Crippen LogP) is -0.788. The number of nitrogens with zero attached hydrogens (tertiary/aromatic N) is 6. The van der Waals surface area contributed by atoms with Gasteiger partial charge in [-0.2, -0.15) is 20.1 Å². The molecule has 0 radical (unpaired) electrons. The average Bonchev–Trinajstić information content (AvgIpc) is 2.97. The summed E-state index contributed by atoms with van der Waals surface area (Å²) in [6, 6.07) is 1.76. The highest BCUT2D eigenvalue weighted by Crippen LogP contribution is 2.10. The van der Waals surface area contributed by atoms with Gasteiger partial charge >= 0.3 is 0 Å². The zero-order valence-corrected chi connectivity index (χ0v) is 11.3. The Hall–Kier alpha value is -2.71. The number of nitrogens with one attached hydrogen (secondary N) is 1. The highest BCUT2D eigenvalue weighted by molar-refractivity contribution is 5.76. The number of nitrogens with two attached hydrogens (primary N) is 1. The van der Waals surface area contributed by atoms with Gasteiger partial charge in [-0.1, -0.05) is 0 Å². The fraction of sp³-hybridized carbons (Fsp3) is 0.364. The molecular formula is C11H16N8O. The van der Waals surface area contributed by atoms with Crippen LogP contribution in [0.5, 0.6) is 0 Å². The highest BCUT2D eigenvalue weighted by Gasteiger charge is 2.11. The molecule has 3 N–H and O–H groups in total. The van der Waals surface area contributed by atoms with E-state index in [1.54, 1.807) is 37.5 Å². The minimum absolute atomic E-state index is 0.0498. The van der Waals surface area contributed by atoms with Gasteiger partial charge in [-0.05, 0) is 6.07 Å². The van der Waals surface area contributed by atoms with Crippen LogP contribution in [0.2, 0.25) is 0 Å². The van der Waals surface area contributed by atoms with E-state index in [2.05, 4.69) is 25.4 Å². The molecule has 106 valence electrons. The third kappa shape index (κ3) is 3.19. The first-order valence-electron chi connectivity index (χ1n) is 6.03. The lowest BCUT2D eigenvalue weighted by molar-refractivity contribution is -0.120. The fourth-order valence-electron chi connectivity index (χ4n) is 1.52. The molecule has 0 saturated carbocycles. The molecule has 9 nitrogen and oxygen atoms in total. The van der Waals surface area contributed by atoms with Crippen LogP contribution < -0.4 is 16.0 Å². The van der Waals surface area contributed by atoms with Crippen molar-refractivity contribution in [2.45, 2.75) is 6.42 Å². The zero-order chi connectivity index (χ0) is 14.5. The van der Waals surface area contributed by atoms with Crippen LogP contribution in [0.4, 0.5) is 11.9 Å². The second kappa shape index (κ2) is 5.95. The molecule has 2 aromatic rings. The van der Waals surface area contributed by atoms with Crippen molar-refractivity contribution in [3.8, 4) is 5.95 Å². The van der Waals surface area contributed by atoms with Crippen LogP contribution in [0.25, 0.3) is 5.95 Å². The molecule has 0 aliphatic carbocycles. The topological polar surface area (TPSA) is 115 Å². The molecule has 1 amide bonds. The number of carbonyl (C=O) groups excluding carboxylic acids is 1. The summed E-state index contributed by atoms with van der Waals surface area (Å²) in [5.74, 6) is 0.787. The van der Waals surface area contributed by atoms with Crippen LogP contribution >= 0.6 is 0 Å². The number of anilines is 2. The van der Waals surface area contributed by atoms with Crippen molar-refractivity contribution in [3.63, 3.8) is 0 Å². The molecule has 0 bridgehead atoms. The fourth-order valence-corrected chi connectivity index (χ4v) is 1.52. The van der Waals surface area contributed by atoms with Gasteiger partial charge in [0, 0.05) is 39.5 Å². The van der Waals surface area contributed by atoms with E-state index in [1.807, 2.05) is 0 Å². The minimum atomic E-state index is -0.0498. The molecule has 0 aliphatic heterocycles. The molecule has 2 rings (SSSR count). The molecule has 2 aromatic heterocycles. The molecular weight excluding hydrogens is 260 g/mol. The number of hydrogen-bond donors (Lipinski definition) is 2. The smallest absolute Gasteiger partial charge is 0.257 e. The maximum absolute atomic E-state index is 11.2. The molecule has 0 aromatic carbocycles. The van der Waals surface area contributed by atoms with Crippen molar-refractivity contribution < 1.29 is 4.79 Å². The van der Waals surface area contributed by atoms with E-state index < -0.39 is 0 Å². The maximum atomic E-state index is 11.2. The number of carbonyl (C=O) groups is 1. The Morgan fingerprint density at radius 1 is 1.45 bits per heavy atom. The summed E-state index contributed by atoms with van der Waals surface area (Å²) >= 11 is 0. The first kappa shape index (κ1) is 13.7. The maximum Gasteiger partial charge on any atom is 0.257 e. The Kier molecular flexibility index (Phi) is 4.08. The van der Waals surface area contributed by atoms with Gasteiger partial charge in [0.05, 0.1) is 0 Å². The average molecular weight is 276 g/mol. The van der Waals surface area contributed by atoms with E-state index in [9.17, 15) is 4.79 Å². The zero-order valence-electron chi connectivity index (χ0n) is 11.3. The van der Waals surface area contributed by atoms with Crippen molar-refractivity contribution in [2.24, 2.45) is 0 Å². The molecule has 0 spiro atoms. The monoisotopic (exact) mass is 276 g/mol. The molecule has 0 saturated heterocycles. The van der Waals surface area contributed by atoms with Crippen molar-refractivity contribution in [2.75, 3.05) is 31.3 Å². The minimum Gasteiger partial charge on any atom is -0.368 e. The second-order valence-corrected chi connectivity index (χ2v) is 4.09. The molecule has 0 fully saturated rings. The summed E-state index contributed by atoms with van der Waals surface area (Å²) in [6.45, 7) is 0.474. The largest absolute Gasteiger partial charge is 0.368 e. The molecule has 2 heterocycles. The molecule has 0 unspecified atom stereocenters. The van der Waals surface area contributed by atoms with Gasteiger partial charge in [-0.15, -0.1) is 0 Å². The van der Waals surface area contributed by atoms with E-state index in [1.165, 1.54) is 4.68 Å². The molecule has 20 heavy (non-hydrogen) atoms. The van der Waals surface area contributed by atoms with Gasteiger partial charge in [-0.3, -0.25) is 4.79 Å². The SMILES string of the molecule is CNC(=O)CCN(C)c1nc(N)nc(-n2cccn2)n1. The summed E-state index contributed by atoms with van der Waals surface area (Å²) in [7, 11) is 3.38. The van der Waals surface area contributed by atoms with E-state index in [0.29, 0.717) is 24.9 Å². The van der Waals surface area contributed by atoms with Gasteiger partial charge in [0.15, 0.2) is 0 Å². The van der Waals surface area contributed by atoms with E-state index in [0.717, 1.165) is 0 Å². The van der Waals surface area contributed by atoms with Crippen LogP contribution in [0.3, 0.4) is 0 Å². The Labute approximate surface area is 115 Å².